The van der Waals surface area contributed by atoms with Crippen LogP contribution in [0, 0.1) is 0 Å². The summed E-state index contributed by atoms with van der Waals surface area (Å²) in [5.41, 5.74) is 18.2. The van der Waals surface area contributed by atoms with Crippen LogP contribution < -0.4 is 4.90 Å². The summed E-state index contributed by atoms with van der Waals surface area (Å²) in [5, 5.41) is 6.46. The van der Waals surface area contributed by atoms with E-state index in [2.05, 4.69) is 231 Å². The van der Waals surface area contributed by atoms with E-state index in [1.165, 1.54) is 55.6 Å². The van der Waals surface area contributed by atoms with Gasteiger partial charge in [-0.2, -0.15) is 0 Å². The fraction of sp³-hybridized carbons (Fsp3) is 0.0645. The molecule has 0 atom stereocenters. The van der Waals surface area contributed by atoms with Crippen molar-refractivity contribution >= 4 is 71.7 Å². The molecule has 0 bridgehead atoms. The van der Waals surface area contributed by atoms with Gasteiger partial charge in [0, 0.05) is 32.6 Å². The Labute approximate surface area is 376 Å². The van der Waals surface area contributed by atoms with Crippen LogP contribution in [0.3, 0.4) is 0 Å². The van der Waals surface area contributed by atoms with Gasteiger partial charge in [0.1, 0.15) is 16.7 Å². The van der Waals surface area contributed by atoms with Crippen LogP contribution in [0.5, 0.6) is 0 Å². The van der Waals surface area contributed by atoms with E-state index >= 15 is 0 Å². The van der Waals surface area contributed by atoms with Crippen molar-refractivity contribution in [2.75, 3.05) is 4.90 Å². The molecule has 2 heterocycles. The summed E-state index contributed by atoms with van der Waals surface area (Å²) in [6.45, 7) is 4.72. The molecule has 3 heteroatoms. The maximum absolute atomic E-state index is 7.19. The van der Waals surface area contributed by atoms with Gasteiger partial charge in [0.05, 0.1) is 22.2 Å². The van der Waals surface area contributed by atoms with Crippen molar-refractivity contribution < 1.29 is 8.83 Å². The van der Waals surface area contributed by atoms with E-state index in [0.29, 0.717) is 0 Å². The summed E-state index contributed by atoms with van der Waals surface area (Å²) in [4.78, 5) is 2.48. The lowest BCUT2D eigenvalue weighted by atomic mass is 9.67. The van der Waals surface area contributed by atoms with Gasteiger partial charge in [-0.3, -0.25) is 0 Å². The van der Waals surface area contributed by atoms with E-state index in [1.54, 1.807) is 0 Å². The highest BCUT2D eigenvalue weighted by atomic mass is 16.3. The molecule has 0 aliphatic heterocycles. The third kappa shape index (κ3) is 4.85. The van der Waals surface area contributed by atoms with Crippen molar-refractivity contribution in [2.45, 2.75) is 24.7 Å². The van der Waals surface area contributed by atoms with E-state index < -0.39 is 5.41 Å². The summed E-state index contributed by atoms with van der Waals surface area (Å²) >= 11 is 0. The second-order valence-corrected chi connectivity index (χ2v) is 18.3. The van der Waals surface area contributed by atoms with Crippen LogP contribution in [-0.4, -0.2) is 0 Å². The van der Waals surface area contributed by atoms with Crippen LogP contribution in [-0.2, 0) is 10.8 Å². The Morgan fingerprint density at radius 2 is 0.923 bits per heavy atom. The van der Waals surface area contributed by atoms with Gasteiger partial charge in [0.25, 0.3) is 0 Å². The number of hydrogen-bond acceptors (Lipinski definition) is 3. The molecule has 2 aromatic heterocycles. The standard InChI is InChI=1S/C62H41NO2/c1-61(2)50-27-13-8-22-43(50)46-33-32-41(37-53(46)61)63(54-34-38-18-6-7-21-42(38)60-58(54)48-26-12-17-31-57(48)65-60)55-36-40(35-49-47-25-11-16-30-56(47)64-59(49)55)62(39-19-4-3-5-20-39)51-28-14-9-23-44(51)45-24-10-15-29-52(45)62/h3-37H,1-2H3. The van der Waals surface area contributed by atoms with Crippen LogP contribution >= 0.6 is 0 Å². The van der Waals surface area contributed by atoms with Crippen LogP contribution in [0.4, 0.5) is 17.1 Å². The number of anilines is 3. The third-order valence-corrected chi connectivity index (χ3v) is 14.7. The number of furan rings is 2. The Kier molecular flexibility index (Phi) is 7.38. The summed E-state index contributed by atoms with van der Waals surface area (Å²) in [7, 11) is 0. The molecule has 10 aromatic carbocycles. The van der Waals surface area contributed by atoms with E-state index in [1.807, 2.05) is 0 Å². The van der Waals surface area contributed by atoms with Crippen molar-refractivity contribution in [1.29, 1.82) is 0 Å². The molecule has 0 saturated heterocycles. The molecular formula is C62H41NO2. The van der Waals surface area contributed by atoms with Crippen LogP contribution in [0.25, 0.3) is 76.9 Å². The normalized spacial score (nSPS) is 14.2. The second kappa shape index (κ2) is 13.2. The Balaban J connectivity index is 1.17. The maximum atomic E-state index is 7.19. The van der Waals surface area contributed by atoms with Crippen molar-refractivity contribution in [1.82, 2.24) is 0 Å². The van der Waals surface area contributed by atoms with Crippen molar-refractivity contribution in [2.24, 2.45) is 0 Å². The molecule has 2 aliphatic carbocycles. The Bertz CT molecular complexity index is 3900. The van der Waals surface area contributed by atoms with Gasteiger partial charge >= 0.3 is 0 Å². The molecule has 306 valence electrons. The predicted molar refractivity (Wildman–Crippen MR) is 268 cm³/mol. The average molecular weight is 832 g/mol. The van der Waals surface area contributed by atoms with E-state index in [4.69, 9.17) is 8.83 Å². The Morgan fingerprint density at radius 3 is 1.66 bits per heavy atom. The lowest BCUT2D eigenvalue weighted by molar-refractivity contribution is 0.660. The van der Waals surface area contributed by atoms with Gasteiger partial charge in [0.15, 0.2) is 5.58 Å². The first kappa shape index (κ1) is 36.4. The number of rotatable bonds is 5. The Morgan fingerprint density at radius 1 is 0.369 bits per heavy atom. The van der Waals surface area contributed by atoms with Gasteiger partial charge in [-0.15, -0.1) is 0 Å². The molecule has 14 rings (SSSR count). The van der Waals surface area contributed by atoms with Gasteiger partial charge in [-0.25, -0.2) is 0 Å². The maximum Gasteiger partial charge on any atom is 0.159 e. The number of benzene rings is 10. The molecule has 0 radical (unpaired) electrons. The first-order valence-electron chi connectivity index (χ1n) is 22.6. The molecule has 12 aromatic rings. The molecule has 0 amide bonds. The monoisotopic (exact) mass is 831 g/mol. The molecule has 0 unspecified atom stereocenters. The fourth-order valence-electron chi connectivity index (χ4n) is 11.9. The average Bonchev–Trinajstić information content (AvgIpc) is 4.08. The lowest BCUT2D eigenvalue weighted by Gasteiger charge is -2.35. The quantitative estimate of drug-likeness (QED) is 0.173. The van der Waals surface area contributed by atoms with Crippen molar-refractivity contribution in [3.63, 3.8) is 0 Å². The van der Waals surface area contributed by atoms with Crippen molar-refractivity contribution in [3.05, 3.63) is 246 Å². The van der Waals surface area contributed by atoms with Gasteiger partial charge in [-0.05, 0) is 103 Å². The lowest BCUT2D eigenvalue weighted by Crippen LogP contribution is -2.29. The highest BCUT2D eigenvalue weighted by Gasteiger charge is 2.47. The highest BCUT2D eigenvalue weighted by molar-refractivity contribution is 6.23. The summed E-state index contributed by atoms with van der Waals surface area (Å²) in [5.74, 6) is 0. The zero-order valence-electron chi connectivity index (χ0n) is 36.0. The minimum atomic E-state index is -0.649. The van der Waals surface area contributed by atoms with Crippen LogP contribution in [0.1, 0.15) is 47.2 Å². The molecule has 0 saturated carbocycles. The largest absolute Gasteiger partial charge is 0.455 e. The minimum absolute atomic E-state index is 0.222. The minimum Gasteiger partial charge on any atom is -0.455 e. The molecule has 65 heavy (non-hydrogen) atoms. The predicted octanol–water partition coefficient (Wildman–Crippen LogP) is 16.8. The van der Waals surface area contributed by atoms with Gasteiger partial charge < -0.3 is 13.7 Å². The summed E-state index contributed by atoms with van der Waals surface area (Å²) < 4.78 is 14.1. The molecule has 0 spiro atoms. The highest BCUT2D eigenvalue weighted by Crippen LogP contribution is 2.59. The SMILES string of the molecule is CC1(C)c2ccccc2-c2ccc(N(c3cc(C4(c5ccccc5)c5ccccc5-c5ccccc54)cc4c3oc3ccccc34)c3cc4ccccc4c4oc5ccccc5c34)cc21. The first-order valence-corrected chi connectivity index (χ1v) is 22.6. The molecular weight excluding hydrogens is 791 g/mol. The zero-order valence-corrected chi connectivity index (χ0v) is 36.0. The van der Waals surface area contributed by atoms with Gasteiger partial charge in [-0.1, -0.05) is 184 Å². The van der Waals surface area contributed by atoms with Crippen LogP contribution in [0.2, 0.25) is 0 Å². The number of nitrogens with zero attached hydrogens (tertiary/aromatic N) is 1. The third-order valence-electron chi connectivity index (χ3n) is 14.7. The van der Waals surface area contributed by atoms with E-state index in [0.717, 1.165) is 71.7 Å². The molecule has 0 fully saturated rings. The van der Waals surface area contributed by atoms with Crippen LogP contribution in [0.15, 0.2) is 221 Å². The van der Waals surface area contributed by atoms with Gasteiger partial charge in [0.2, 0.25) is 0 Å². The number of fused-ring (bicyclic) bond motifs is 14. The second-order valence-electron chi connectivity index (χ2n) is 18.3. The molecule has 0 N–H and O–H groups in total. The van der Waals surface area contributed by atoms with E-state index in [9.17, 15) is 0 Å². The van der Waals surface area contributed by atoms with E-state index in [-0.39, 0.29) is 5.41 Å². The zero-order chi connectivity index (χ0) is 43.0. The number of para-hydroxylation sites is 2. The summed E-state index contributed by atoms with van der Waals surface area (Å²) in [6, 6.07) is 77.9. The van der Waals surface area contributed by atoms with Crippen molar-refractivity contribution in [3.8, 4) is 22.3 Å². The first-order chi connectivity index (χ1) is 32.0. The molecule has 2 aliphatic rings. The molecule has 3 nitrogen and oxygen atoms in total. The topological polar surface area (TPSA) is 29.5 Å². The Hall–Kier alpha value is -8.14. The smallest absolute Gasteiger partial charge is 0.159 e. The summed E-state index contributed by atoms with van der Waals surface area (Å²) in [6.07, 6.45) is 0. The fourth-order valence-corrected chi connectivity index (χ4v) is 11.9. The number of hydrogen-bond donors (Lipinski definition) is 0.